The fraction of sp³-hybridized carbons (Fsp3) is 0.333. The van der Waals surface area contributed by atoms with E-state index in [1.165, 1.54) is 19.1 Å². The van der Waals surface area contributed by atoms with Gasteiger partial charge in [-0.1, -0.05) is 6.07 Å². The fourth-order valence-corrected chi connectivity index (χ4v) is 1.55. The maximum atomic E-state index is 12.7. The predicted octanol–water partition coefficient (Wildman–Crippen LogP) is 1.16. The summed E-state index contributed by atoms with van der Waals surface area (Å²) in [7, 11) is 0. The predicted molar refractivity (Wildman–Crippen MR) is 66.6 cm³/mol. The summed E-state index contributed by atoms with van der Waals surface area (Å²) in [4.78, 5) is 22.2. The quantitative estimate of drug-likeness (QED) is 0.775. The lowest BCUT2D eigenvalue weighted by Crippen LogP contribution is -2.39. The summed E-state index contributed by atoms with van der Waals surface area (Å²) in [5.74, 6) is -1.55. The Balaban J connectivity index is 2.89. The lowest BCUT2D eigenvalue weighted by molar-refractivity contribution is -0.138. The minimum absolute atomic E-state index is 0.0388. The van der Waals surface area contributed by atoms with Gasteiger partial charge in [0, 0.05) is 5.69 Å². The van der Waals surface area contributed by atoms with E-state index < -0.39 is 29.6 Å². The molecular weight excluding hydrogens is 275 g/mol. The zero-order valence-electron chi connectivity index (χ0n) is 10.6. The molecule has 0 aromatic heterocycles. The van der Waals surface area contributed by atoms with Crippen molar-refractivity contribution < 1.29 is 22.8 Å². The number of aryl methyl sites for hydroxylation is 1. The largest absolute Gasteiger partial charge is 0.416 e. The van der Waals surface area contributed by atoms with E-state index in [9.17, 15) is 22.8 Å². The number of halogens is 3. The lowest BCUT2D eigenvalue weighted by Gasteiger charge is -2.14. The second-order valence-electron chi connectivity index (χ2n) is 4.29. The van der Waals surface area contributed by atoms with Crippen LogP contribution in [0.25, 0.3) is 0 Å². The summed E-state index contributed by atoms with van der Waals surface area (Å²) >= 11 is 0. The molecule has 1 aromatic carbocycles. The van der Waals surface area contributed by atoms with Gasteiger partial charge in [0.05, 0.1) is 18.0 Å². The normalized spacial score (nSPS) is 12.8. The Morgan fingerprint density at radius 1 is 1.35 bits per heavy atom. The Morgan fingerprint density at radius 2 is 1.95 bits per heavy atom. The smallest absolute Gasteiger partial charge is 0.370 e. The van der Waals surface area contributed by atoms with Crippen molar-refractivity contribution in [3.63, 3.8) is 0 Å². The number of nitrogens with two attached hydrogens (primary N) is 2. The van der Waals surface area contributed by atoms with Crippen LogP contribution in [0.5, 0.6) is 0 Å². The highest BCUT2D eigenvalue weighted by atomic mass is 19.4. The van der Waals surface area contributed by atoms with Crippen LogP contribution in [0.4, 0.5) is 18.9 Å². The van der Waals surface area contributed by atoms with Crippen LogP contribution in [0.2, 0.25) is 0 Å². The number of carbonyl (C=O) groups is 2. The van der Waals surface area contributed by atoms with E-state index in [4.69, 9.17) is 11.5 Å². The van der Waals surface area contributed by atoms with Crippen molar-refractivity contribution in [1.29, 1.82) is 0 Å². The Bertz CT molecular complexity index is 529. The molecule has 1 rings (SSSR count). The molecule has 2 amide bonds. The minimum atomic E-state index is -4.51. The van der Waals surface area contributed by atoms with Crippen molar-refractivity contribution in [3.05, 3.63) is 29.3 Å². The number of amides is 2. The van der Waals surface area contributed by atoms with Crippen molar-refractivity contribution in [2.24, 2.45) is 11.5 Å². The number of nitrogens with one attached hydrogen (secondary N) is 1. The van der Waals surface area contributed by atoms with Gasteiger partial charge < -0.3 is 16.8 Å². The number of benzene rings is 1. The molecule has 0 saturated heterocycles. The summed E-state index contributed by atoms with van der Waals surface area (Å²) in [5, 5.41) is 2.22. The highest BCUT2D eigenvalue weighted by Crippen LogP contribution is 2.33. The number of hydrogen-bond donors (Lipinski definition) is 3. The molecule has 0 spiro atoms. The van der Waals surface area contributed by atoms with Crippen molar-refractivity contribution in [2.75, 3.05) is 5.32 Å². The highest BCUT2D eigenvalue weighted by Gasteiger charge is 2.32. The number of alkyl halides is 3. The molecule has 0 aliphatic carbocycles. The number of anilines is 1. The number of hydrogen-bond acceptors (Lipinski definition) is 3. The first-order valence-corrected chi connectivity index (χ1v) is 5.64. The van der Waals surface area contributed by atoms with Gasteiger partial charge in [0.25, 0.3) is 0 Å². The van der Waals surface area contributed by atoms with Crippen LogP contribution in [-0.2, 0) is 15.8 Å². The number of primary amides is 1. The molecule has 8 heteroatoms. The average molecular weight is 289 g/mol. The van der Waals surface area contributed by atoms with Crippen LogP contribution in [-0.4, -0.2) is 17.9 Å². The molecule has 0 saturated carbocycles. The monoisotopic (exact) mass is 289 g/mol. The van der Waals surface area contributed by atoms with Gasteiger partial charge >= 0.3 is 6.18 Å². The second kappa shape index (κ2) is 5.91. The molecule has 0 radical (unpaired) electrons. The van der Waals surface area contributed by atoms with Crippen molar-refractivity contribution in [2.45, 2.75) is 25.6 Å². The molecule has 110 valence electrons. The molecule has 0 heterocycles. The van der Waals surface area contributed by atoms with Crippen molar-refractivity contribution in [1.82, 2.24) is 0 Å². The van der Waals surface area contributed by atoms with E-state index in [0.29, 0.717) is 0 Å². The lowest BCUT2D eigenvalue weighted by atomic mass is 10.1. The van der Waals surface area contributed by atoms with Crippen molar-refractivity contribution in [3.8, 4) is 0 Å². The molecule has 20 heavy (non-hydrogen) atoms. The standard InChI is InChI=1S/C12H14F3N3O2/c1-6-2-3-7(4-8(6)12(13,14)15)18-11(20)9(16)5-10(17)19/h2-4,9H,5,16H2,1H3,(H2,17,19)(H,18,20). The number of rotatable bonds is 4. The Kier molecular flexibility index (Phi) is 4.72. The summed E-state index contributed by atoms with van der Waals surface area (Å²) < 4.78 is 38.1. The van der Waals surface area contributed by atoms with Crippen LogP contribution >= 0.6 is 0 Å². The average Bonchev–Trinajstić information content (AvgIpc) is 2.29. The minimum Gasteiger partial charge on any atom is -0.370 e. The van der Waals surface area contributed by atoms with Crippen LogP contribution in [0.1, 0.15) is 17.5 Å². The molecule has 0 aliphatic heterocycles. The molecule has 1 atom stereocenters. The van der Waals surface area contributed by atoms with E-state index in [1.54, 1.807) is 0 Å². The van der Waals surface area contributed by atoms with Crippen LogP contribution < -0.4 is 16.8 Å². The van der Waals surface area contributed by atoms with E-state index in [2.05, 4.69) is 5.32 Å². The Morgan fingerprint density at radius 3 is 2.45 bits per heavy atom. The summed E-state index contributed by atoms with van der Waals surface area (Å²) in [6.07, 6.45) is -4.90. The summed E-state index contributed by atoms with van der Waals surface area (Å²) in [5.41, 5.74) is 9.40. The van der Waals surface area contributed by atoms with Gasteiger partial charge in [-0.05, 0) is 24.6 Å². The van der Waals surface area contributed by atoms with E-state index in [-0.39, 0.29) is 17.7 Å². The van der Waals surface area contributed by atoms with Gasteiger partial charge in [0.1, 0.15) is 0 Å². The van der Waals surface area contributed by atoms with Gasteiger partial charge in [0.2, 0.25) is 11.8 Å². The molecule has 1 aromatic rings. The first kappa shape index (κ1) is 16.0. The maximum absolute atomic E-state index is 12.7. The van der Waals surface area contributed by atoms with Crippen LogP contribution in [0, 0.1) is 6.92 Å². The summed E-state index contributed by atoms with van der Waals surface area (Å²) in [6.45, 7) is 1.31. The zero-order valence-corrected chi connectivity index (χ0v) is 10.6. The van der Waals surface area contributed by atoms with Crippen molar-refractivity contribution >= 4 is 17.5 Å². The van der Waals surface area contributed by atoms with Gasteiger partial charge in [-0.2, -0.15) is 13.2 Å². The van der Waals surface area contributed by atoms with E-state index >= 15 is 0 Å². The molecule has 5 N–H and O–H groups in total. The topological polar surface area (TPSA) is 98.2 Å². The van der Waals surface area contributed by atoms with E-state index in [1.807, 2.05) is 0 Å². The van der Waals surface area contributed by atoms with Gasteiger partial charge in [-0.15, -0.1) is 0 Å². The Labute approximate surface area is 113 Å². The summed E-state index contributed by atoms with van der Waals surface area (Å²) in [6, 6.07) is 2.16. The second-order valence-corrected chi connectivity index (χ2v) is 4.29. The van der Waals surface area contributed by atoms with Crippen LogP contribution in [0.3, 0.4) is 0 Å². The maximum Gasteiger partial charge on any atom is 0.416 e. The molecule has 1 unspecified atom stereocenters. The molecule has 5 nitrogen and oxygen atoms in total. The third kappa shape index (κ3) is 4.23. The molecular formula is C12H14F3N3O2. The van der Waals surface area contributed by atoms with Gasteiger partial charge in [0.15, 0.2) is 0 Å². The fourth-order valence-electron chi connectivity index (χ4n) is 1.55. The van der Waals surface area contributed by atoms with Crippen LogP contribution in [0.15, 0.2) is 18.2 Å². The first-order chi connectivity index (χ1) is 9.11. The number of carbonyl (C=O) groups excluding carboxylic acids is 2. The molecule has 0 fully saturated rings. The van der Waals surface area contributed by atoms with E-state index in [0.717, 1.165) is 6.07 Å². The zero-order chi connectivity index (χ0) is 15.5. The third-order valence-corrected chi connectivity index (χ3v) is 2.57. The van der Waals surface area contributed by atoms with Gasteiger partial charge in [-0.3, -0.25) is 9.59 Å². The highest BCUT2D eigenvalue weighted by molar-refractivity contribution is 5.97. The Hall–Kier alpha value is -2.09. The molecule has 0 bridgehead atoms. The first-order valence-electron chi connectivity index (χ1n) is 5.64. The SMILES string of the molecule is Cc1ccc(NC(=O)C(N)CC(N)=O)cc1C(F)(F)F. The molecule has 0 aliphatic rings. The third-order valence-electron chi connectivity index (χ3n) is 2.57. The van der Waals surface area contributed by atoms with Gasteiger partial charge in [-0.25, -0.2) is 0 Å².